The molecule has 5 nitrogen and oxygen atoms in total. The van der Waals surface area contributed by atoms with E-state index in [0.717, 1.165) is 44.8 Å². The van der Waals surface area contributed by atoms with Crippen LogP contribution in [0.2, 0.25) is 0 Å². The van der Waals surface area contributed by atoms with Gasteiger partial charge in [-0.1, -0.05) is 13.8 Å². The molecule has 1 aliphatic heterocycles. The van der Waals surface area contributed by atoms with Crippen LogP contribution in [0.3, 0.4) is 0 Å². The van der Waals surface area contributed by atoms with Gasteiger partial charge in [0.2, 0.25) is 0 Å². The molecule has 2 aromatic heterocycles. The van der Waals surface area contributed by atoms with Gasteiger partial charge in [0.25, 0.3) is 0 Å². The van der Waals surface area contributed by atoms with Crippen molar-refractivity contribution in [1.29, 1.82) is 0 Å². The molecular weight excluding hydrogens is 370 g/mol. The molecule has 6 heteroatoms. The lowest BCUT2D eigenvalue weighted by molar-refractivity contribution is 0.0378. The molecular formula is C22H31N3O2S. The molecule has 3 rings (SSSR count). The number of hydrogen-bond acceptors (Lipinski definition) is 6. The maximum absolute atomic E-state index is 12.5. The summed E-state index contributed by atoms with van der Waals surface area (Å²) in [5.41, 5.74) is 0.561. The minimum atomic E-state index is -0.292. The molecule has 0 amide bonds. The van der Waals surface area contributed by atoms with E-state index in [1.54, 1.807) is 12.3 Å². The summed E-state index contributed by atoms with van der Waals surface area (Å²) >= 11 is 1.92. The van der Waals surface area contributed by atoms with Crippen molar-refractivity contribution in [2.45, 2.75) is 59.2 Å². The van der Waals surface area contributed by atoms with E-state index >= 15 is 0 Å². The van der Waals surface area contributed by atoms with Crippen molar-refractivity contribution in [3.8, 4) is 0 Å². The van der Waals surface area contributed by atoms with E-state index in [1.165, 1.54) is 9.75 Å². The number of thiophene rings is 1. The highest BCUT2D eigenvalue weighted by atomic mass is 32.1. The molecule has 1 aliphatic rings. The second-order valence-corrected chi connectivity index (χ2v) is 8.75. The lowest BCUT2D eigenvalue weighted by atomic mass is 10.2. The van der Waals surface area contributed by atoms with Gasteiger partial charge in [0, 0.05) is 41.6 Å². The van der Waals surface area contributed by atoms with Crippen LogP contribution in [0, 0.1) is 0 Å². The van der Waals surface area contributed by atoms with Gasteiger partial charge in [-0.3, -0.25) is 4.90 Å². The Morgan fingerprint density at radius 2 is 2.11 bits per heavy atom. The average molecular weight is 402 g/mol. The number of esters is 1. The molecule has 1 atom stereocenters. The first-order valence-electron chi connectivity index (χ1n) is 10.2. The Bertz CT molecular complexity index is 790. The van der Waals surface area contributed by atoms with Crippen molar-refractivity contribution in [1.82, 2.24) is 9.88 Å². The number of aromatic nitrogens is 1. The SMILES string of the molecule is CCc1ccc(CN(CC)[C@H]2CCN(c3ncccc3C(=O)OC(C)C)C2)s1. The summed E-state index contributed by atoms with van der Waals surface area (Å²) in [6.45, 7) is 12.0. The minimum Gasteiger partial charge on any atom is -0.459 e. The quantitative estimate of drug-likeness (QED) is 0.615. The van der Waals surface area contributed by atoms with Crippen molar-refractivity contribution in [3.63, 3.8) is 0 Å². The summed E-state index contributed by atoms with van der Waals surface area (Å²) in [6.07, 6.45) is 3.80. The molecule has 28 heavy (non-hydrogen) atoms. The monoisotopic (exact) mass is 401 g/mol. The van der Waals surface area contributed by atoms with Crippen molar-refractivity contribution < 1.29 is 9.53 Å². The number of carbonyl (C=O) groups excluding carboxylic acids is 1. The molecule has 0 N–H and O–H groups in total. The topological polar surface area (TPSA) is 45.7 Å². The number of ether oxygens (including phenoxy) is 1. The van der Waals surface area contributed by atoms with E-state index < -0.39 is 0 Å². The van der Waals surface area contributed by atoms with E-state index in [9.17, 15) is 4.79 Å². The molecule has 0 radical (unpaired) electrons. The number of carbonyl (C=O) groups is 1. The van der Waals surface area contributed by atoms with Gasteiger partial charge in [0.15, 0.2) is 0 Å². The smallest absolute Gasteiger partial charge is 0.342 e. The maximum atomic E-state index is 12.5. The highest BCUT2D eigenvalue weighted by Crippen LogP contribution is 2.27. The highest BCUT2D eigenvalue weighted by Gasteiger charge is 2.30. The van der Waals surface area contributed by atoms with Gasteiger partial charge >= 0.3 is 5.97 Å². The van der Waals surface area contributed by atoms with E-state index in [4.69, 9.17) is 4.74 Å². The zero-order chi connectivity index (χ0) is 20.1. The molecule has 0 aliphatic carbocycles. The molecule has 1 saturated heterocycles. The normalized spacial score (nSPS) is 16.9. The third kappa shape index (κ3) is 4.92. The largest absolute Gasteiger partial charge is 0.459 e. The molecule has 0 spiro atoms. The number of rotatable bonds is 8. The number of aryl methyl sites for hydroxylation is 1. The molecule has 0 saturated carbocycles. The first-order valence-corrected chi connectivity index (χ1v) is 11.1. The lowest BCUT2D eigenvalue weighted by Gasteiger charge is -2.27. The fraction of sp³-hybridized carbons (Fsp3) is 0.545. The number of anilines is 1. The third-order valence-corrected chi connectivity index (χ3v) is 6.37. The molecule has 0 aromatic carbocycles. The van der Waals surface area contributed by atoms with Gasteiger partial charge in [-0.05, 0) is 57.5 Å². The molecule has 0 bridgehead atoms. The second-order valence-electron chi connectivity index (χ2n) is 7.50. The Kier molecular flexibility index (Phi) is 7.08. The van der Waals surface area contributed by atoms with Crippen molar-refractivity contribution in [2.24, 2.45) is 0 Å². The molecule has 2 aromatic rings. The van der Waals surface area contributed by atoms with Crippen LogP contribution in [0.1, 0.15) is 54.2 Å². The number of pyridine rings is 1. The summed E-state index contributed by atoms with van der Waals surface area (Å²) in [7, 11) is 0. The Balaban J connectivity index is 1.69. The van der Waals surface area contributed by atoms with Crippen LogP contribution in [-0.2, 0) is 17.7 Å². The van der Waals surface area contributed by atoms with Crippen molar-refractivity contribution >= 4 is 23.1 Å². The van der Waals surface area contributed by atoms with Gasteiger partial charge in [-0.25, -0.2) is 9.78 Å². The summed E-state index contributed by atoms with van der Waals surface area (Å²) in [5, 5.41) is 0. The first kappa shape index (κ1) is 20.8. The van der Waals surface area contributed by atoms with Crippen molar-refractivity contribution in [3.05, 3.63) is 45.8 Å². The molecule has 1 fully saturated rings. The number of nitrogens with zero attached hydrogens (tertiary/aromatic N) is 3. The minimum absolute atomic E-state index is 0.138. The van der Waals surface area contributed by atoms with Gasteiger partial charge < -0.3 is 9.64 Å². The Morgan fingerprint density at radius 3 is 2.79 bits per heavy atom. The van der Waals surface area contributed by atoms with Gasteiger partial charge in [-0.2, -0.15) is 0 Å². The van der Waals surface area contributed by atoms with E-state index in [2.05, 4.69) is 40.8 Å². The standard InChI is InChI=1S/C22H31N3O2S/c1-5-18-9-10-19(28-18)15-24(6-2)17-11-13-25(14-17)21-20(8-7-12-23-21)22(26)27-16(3)4/h7-10,12,16-17H,5-6,11,13-15H2,1-4H3/t17-/m0/s1. The number of likely N-dealkylation sites (N-methyl/N-ethyl adjacent to an activating group) is 1. The zero-order valence-corrected chi connectivity index (χ0v) is 18.2. The van der Waals surface area contributed by atoms with Crippen LogP contribution in [-0.4, -0.2) is 47.6 Å². The van der Waals surface area contributed by atoms with Crippen LogP contribution in [0.25, 0.3) is 0 Å². The van der Waals surface area contributed by atoms with Crippen LogP contribution < -0.4 is 4.90 Å². The lowest BCUT2D eigenvalue weighted by Crippen LogP contribution is -2.37. The van der Waals surface area contributed by atoms with Crippen molar-refractivity contribution in [2.75, 3.05) is 24.5 Å². The van der Waals surface area contributed by atoms with Gasteiger partial charge in [-0.15, -0.1) is 11.3 Å². The van der Waals surface area contributed by atoms with Crippen LogP contribution >= 0.6 is 11.3 Å². The first-order chi connectivity index (χ1) is 13.5. The molecule has 0 unspecified atom stereocenters. The third-order valence-electron chi connectivity index (χ3n) is 5.16. The fourth-order valence-electron chi connectivity index (χ4n) is 3.71. The molecule has 3 heterocycles. The zero-order valence-electron chi connectivity index (χ0n) is 17.4. The predicted octanol–water partition coefficient (Wildman–Crippen LogP) is 4.37. The Hall–Kier alpha value is -1.92. The molecule has 152 valence electrons. The van der Waals surface area contributed by atoms with Gasteiger partial charge in [0.1, 0.15) is 11.4 Å². The van der Waals surface area contributed by atoms with Crippen LogP contribution in [0.15, 0.2) is 30.5 Å². The van der Waals surface area contributed by atoms with Crippen LogP contribution in [0.4, 0.5) is 5.82 Å². The van der Waals surface area contributed by atoms with E-state index in [-0.39, 0.29) is 12.1 Å². The van der Waals surface area contributed by atoms with E-state index in [0.29, 0.717) is 11.6 Å². The average Bonchev–Trinajstić information content (AvgIpc) is 3.35. The fourth-order valence-corrected chi connectivity index (χ4v) is 4.70. The summed E-state index contributed by atoms with van der Waals surface area (Å²) in [6, 6.07) is 8.59. The van der Waals surface area contributed by atoms with Gasteiger partial charge in [0.05, 0.1) is 6.10 Å². The summed E-state index contributed by atoms with van der Waals surface area (Å²) in [5.74, 6) is 0.454. The van der Waals surface area contributed by atoms with Crippen LogP contribution in [0.5, 0.6) is 0 Å². The Morgan fingerprint density at radius 1 is 1.32 bits per heavy atom. The highest BCUT2D eigenvalue weighted by molar-refractivity contribution is 7.11. The summed E-state index contributed by atoms with van der Waals surface area (Å²) < 4.78 is 5.41. The summed E-state index contributed by atoms with van der Waals surface area (Å²) in [4.78, 5) is 24.6. The second kappa shape index (κ2) is 9.52. The van der Waals surface area contributed by atoms with E-state index in [1.807, 2.05) is 31.3 Å². The Labute approximate surface area is 172 Å². The predicted molar refractivity (Wildman–Crippen MR) is 115 cm³/mol. The maximum Gasteiger partial charge on any atom is 0.342 e. The number of hydrogen-bond donors (Lipinski definition) is 0.